The molecular formula is C15H15N3O. The van der Waals surface area contributed by atoms with E-state index in [9.17, 15) is 0 Å². The molecular weight excluding hydrogens is 238 g/mol. The first kappa shape index (κ1) is 13.1. The van der Waals surface area contributed by atoms with Gasteiger partial charge in [0.05, 0.1) is 23.5 Å². The van der Waals surface area contributed by atoms with Gasteiger partial charge < -0.3 is 10.1 Å². The van der Waals surface area contributed by atoms with Crippen molar-refractivity contribution in [3.63, 3.8) is 0 Å². The van der Waals surface area contributed by atoms with E-state index in [-0.39, 0.29) is 6.04 Å². The van der Waals surface area contributed by atoms with Crippen molar-refractivity contribution in [1.82, 2.24) is 10.3 Å². The molecule has 4 heteroatoms. The van der Waals surface area contributed by atoms with E-state index in [1.807, 2.05) is 26.1 Å². The number of pyridine rings is 1. The van der Waals surface area contributed by atoms with Gasteiger partial charge in [-0.15, -0.1) is 0 Å². The highest BCUT2D eigenvalue weighted by atomic mass is 16.5. The lowest BCUT2D eigenvalue weighted by Gasteiger charge is -2.10. The molecule has 1 unspecified atom stereocenters. The summed E-state index contributed by atoms with van der Waals surface area (Å²) in [5.74, 6) is 1.37. The Morgan fingerprint density at radius 3 is 2.37 bits per heavy atom. The summed E-state index contributed by atoms with van der Waals surface area (Å²) < 4.78 is 5.65. The summed E-state index contributed by atoms with van der Waals surface area (Å²) in [6, 6.07) is 13.1. The summed E-state index contributed by atoms with van der Waals surface area (Å²) in [5, 5.41) is 11.8. The van der Waals surface area contributed by atoms with Crippen LogP contribution in [0, 0.1) is 11.3 Å². The highest BCUT2D eigenvalue weighted by Crippen LogP contribution is 2.21. The summed E-state index contributed by atoms with van der Waals surface area (Å²) in [4.78, 5) is 4.34. The van der Waals surface area contributed by atoms with Crippen molar-refractivity contribution in [2.45, 2.75) is 13.0 Å². The first-order valence-electron chi connectivity index (χ1n) is 6.04. The Bertz CT molecular complexity index is 570. The lowest BCUT2D eigenvalue weighted by Crippen LogP contribution is -2.13. The van der Waals surface area contributed by atoms with Crippen LogP contribution in [0.2, 0.25) is 0 Å². The van der Waals surface area contributed by atoms with E-state index in [0.29, 0.717) is 17.1 Å². The Morgan fingerprint density at radius 2 is 1.84 bits per heavy atom. The number of hydrogen-bond acceptors (Lipinski definition) is 4. The molecule has 0 bridgehead atoms. The zero-order valence-electron chi connectivity index (χ0n) is 10.9. The predicted octanol–water partition coefficient (Wildman–Crippen LogP) is 3.03. The van der Waals surface area contributed by atoms with Gasteiger partial charge in [0, 0.05) is 6.04 Å². The van der Waals surface area contributed by atoms with E-state index >= 15 is 0 Å². The van der Waals surface area contributed by atoms with Crippen LogP contribution in [0.15, 0.2) is 42.6 Å². The second-order valence-corrected chi connectivity index (χ2v) is 4.17. The second kappa shape index (κ2) is 5.98. The molecule has 1 aromatic carbocycles. The monoisotopic (exact) mass is 253 g/mol. The van der Waals surface area contributed by atoms with Crippen LogP contribution in [0.5, 0.6) is 11.5 Å². The van der Waals surface area contributed by atoms with Gasteiger partial charge in [-0.1, -0.05) is 0 Å². The first-order valence-corrected chi connectivity index (χ1v) is 6.04. The van der Waals surface area contributed by atoms with Crippen molar-refractivity contribution in [2.75, 3.05) is 7.05 Å². The van der Waals surface area contributed by atoms with Gasteiger partial charge in [0.25, 0.3) is 0 Å². The fourth-order valence-electron chi connectivity index (χ4n) is 1.59. The maximum Gasteiger partial charge on any atom is 0.145 e. The molecule has 0 radical (unpaired) electrons. The van der Waals surface area contributed by atoms with Crippen molar-refractivity contribution in [1.29, 1.82) is 5.26 Å². The topological polar surface area (TPSA) is 57.9 Å². The van der Waals surface area contributed by atoms with Crippen LogP contribution in [0.4, 0.5) is 0 Å². The van der Waals surface area contributed by atoms with E-state index in [4.69, 9.17) is 10.00 Å². The Kier molecular flexibility index (Phi) is 4.11. The Hall–Kier alpha value is -2.38. The summed E-state index contributed by atoms with van der Waals surface area (Å²) >= 11 is 0. The average Bonchev–Trinajstić information content (AvgIpc) is 2.48. The summed E-state index contributed by atoms with van der Waals surface area (Å²) in [6.45, 7) is 2.05. The van der Waals surface area contributed by atoms with Crippen molar-refractivity contribution in [2.24, 2.45) is 0 Å². The van der Waals surface area contributed by atoms with Gasteiger partial charge in [0.1, 0.15) is 11.5 Å². The zero-order valence-corrected chi connectivity index (χ0v) is 10.9. The Morgan fingerprint density at radius 1 is 1.16 bits per heavy atom. The van der Waals surface area contributed by atoms with Gasteiger partial charge in [-0.25, -0.2) is 0 Å². The molecule has 0 saturated heterocycles. The highest BCUT2D eigenvalue weighted by Gasteiger charge is 2.04. The minimum Gasteiger partial charge on any atom is -0.456 e. The molecule has 0 amide bonds. The SMILES string of the molecule is CNC(C)c1ccc(Oc2ccc(C#N)cc2)cn1. The zero-order chi connectivity index (χ0) is 13.7. The molecule has 96 valence electrons. The van der Waals surface area contributed by atoms with Crippen LogP contribution in [-0.4, -0.2) is 12.0 Å². The predicted molar refractivity (Wildman–Crippen MR) is 72.9 cm³/mol. The molecule has 0 aliphatic rings. The highest BCUT2D eigenvalue weighted by molar-refractivity contribution is 5.37. The summed E-state index contributed by atoms with van der Waals surface area (Å²) in [6.07, 6.45) is 1.70. The van der Waals surface area contributed by atoms with Crippen LogP contribution in [0.1, 0.15) is 24.2 Å². The fraction of sp³-hybridized carbons (Fsp3) is 0.200. The van der Waals surface area contributed by atoms with Crippen LogP contribution in [0.25, 0.3) is 0 Å². The molecule has 0 fully saturated rings. The molecule has 1 aromatic heterocycles. The minimum atomic E-state index is 0.212. The van der Waals surface area contributed by atoms with Crippen LogP contribution in [0.3, 0.4) is 0 Å². The van der Waals surface area contributed by atoms with Crippen molar-refractivity contribution in [3.05, 3.63) is 53.9 Å². The normalized spacial score (nSPS) is 11.6. The van der Waals surface area contributed by atoms with E-state index in [1.54, 1.807) is 30.5 Å². The molecule has 1 atom stereocenters. The maximum absolute atomic E-state index is 8.72. The lowest BCUT2D eigenvalue weighted by atomic mass is 10.2. The molecule has 19 heavy (non-hydrogen) atoms. The quantitative estimate of drug-likeness (QED) is 0.909. The molecule has 2 rings (SSSR count). The smallest absolute Gasteiger partial charge is 0.145 e. The minimum absolute atomic E-state index is 0.212. The molecule has 0 saturated carbocycles. The molecule has 0 aliphatic carbocycles. The van der Waals surface area contributed by atoms with Gasteiger partial charge >= 0.3 is 0 Å². The number of nitrogens with one attached hydrogen (secondary N) is 1. The number of benzene rings is 1. The standard InChI is InChI=1S/C15H15N3O/c1-11(17-2)15-8-7-14(10-18-15)19-13-5-3-12(9-16)4-6-13/h3-8,10-11,17H,1-2H3. The largest absolute Gasteiger partial charge is 0.456 e. The molecule has 1 N–H and O–H groups in total. The third kappa shape index (κ3) is 3.30. The second-order valence-electron chi connectivity index (χ2n) is 4.17. The van der Waals surface area contributed by atoms with Crippen molar-refractivity contribution < 1.29 is 4.74 Å². The van der Waals surface area contributed by atoms with Crippen LogP contribution >= 0.6 is 0 Å². The third-order valence-electron chi connectivity index (χ3n) is 2.86. The first-order chi connectivity index (χ1) is 9.22. The number of nitriles is 1. The molecule has 1 heterocycles. The number of rotatable bonds is 4. The third-order valence-corrected chi connectivity index (χ3v) is 2.86. The van der Waals surface area contributed by atoms with Crippen LogP contribution < -0.4 is 10.1 Å². The number of aromatic nitrogens is 1. The lowest BCUT2D eigenvalue weighted by molar-refractivity contribution is 0.478. The molecule has 4 nitrogen and oxygen atoms in total. The maximum atomic E-state index is 8.72. The summed E-state index contributed by atoms with van der Waals surface area (Å²) in [7, 11) is 1.90. The molecule has 0 spiro atoms. The average molecular weight is 253 g/mol. The Balaban J connectivity index is 2.08. The molecule has 0 aliphatic heterocycles. The van der Waals surface area contributed by atoms with Gasteiger partial charge in [-0.3, -0.25) is 4.98 Å². The van der Waals surface area contributed by atoms with Crippen LogP contribution in [-0.2, 0) is 0 Å². The van der Waals surface area contributed by atoms with E-state index in [1.165, 1.54) is 0 Å². The van der Waals surface area contributed by atoms with E-state index in [2.05, 4.69) is 16.4 Å². The number of nitrogens with zero attached hydrogens (tertiary/aromatic N) is 2. The van der Waals surface area contributed by atoms with Gasteiger partial charge in [0.15, 0.2) is 0 Å². The van der Waals surface area contributed by atoms with E-state index in [0.717, 1.165) is 5.69 Å². The fourth-order valence-corrected chi connectivity index (χ4v) is 1.59. The van der Waals surface area contributed by atoms with Crippen molar-refractivity contribution in [3.8, 4) is 17.6 Å². The number of hydrogen-bond donors (Lipinski definition) is 1. The van der Waals surface area contributed by atoms with Gasteiger partial charge in [0.2, 0.25) is 0 Å². The number of ether oxygens (including phenoxy) is 1. The van der Waals surface area contributed by atoms with Crippen molar-refractivity contribution >= 4 is 0 Å². The summed E-state index contributed by atoms with van der Waals surface area (Å²) in [5.41, 5.74) is 1.58. The van der Waals surface area contributed by atoms with E-state index < -0.39 is 0 Å². The van der Waals surface area contributed by atoms with Gasteiger partial charge in [-0.05, 0) is 50.4 Å². The molecule has 2 aromatic rings. The Labute approximate surface area is 112 Å². The van der Waals surface area contributed by atoms with Gasteiger partial charge in [-0.2, -0.15) is 5.26 Å².